The van der Waals surface area contributed by atoms with Gasteiger partial charge in [0.05, 0.1) is 0 Å². The molecule has 0 atom stereocenters. The largest absolute Gasteiger partial charge is 0.450 e. The highest BCUT2D eigenvalue weighted by molar-refractivity contribution is 6.50. The minimum absolute atomic E-state index is 0.0463. The Bertz CT molecular complexity index is 47.8. The first-order chi connectivity index (χ1) is 3.81. The van der Waals surface area contributed by atoms with Gasteiger partial charge >= 0.3 is 0 Å². The Balaban J connectivity index is 2.86. The monoisotopic (exact) mass is 114 g/mol. The van der Waals surface area contributed by atoms with E-state index in [4.69, 9.17) is 5.02 Å². The molecule has 8 heavy (non-hydrogen) atoms. The van der Waals surface area contributed by atoms with E-state index in [0.717, 1.165) is 19.1 Å². The minimum Gasteiger partial charge on any atom is -0.450 e. The summed E-state index contributed by atoms with van der Waals surface area (Å²) in [7, 11) is 0. The van der Waals surface area contributed by atoms with Gasteiger partial charge in [-0.2, -0.15) is 0 Å². The SMILES string of the molecule is CCCCB(O)CC. The van der Waals surface area contributed by atoms with Crippen molar-refractivity contribution in [3.8, 4) is 0 Å². The molecule has 48 valence electrons. The molecule has 0 spiro atoms. The number of hydrogen-bond acceptors (Lipinski definition) is 1. The molecule has 0 fully saturated rings. The fourth-order valence-electron chi connectivity index (χ4n) is 0.644. The topological polar surface area (TPSA) is 20.2 Å². The molecule has 0 heterocycles. The van der Waals surface area contributed by atoms with Gasteiger partial charge in [0.1, 0.15) is 0 Å². The molecular weight excluding hydrogens is 98.9 g/mol. The van der Waals surface area contributed by atoms with Gasteiger partial charge in [-0.25, -0.2) is 0 Å². The van der Waals surface area contributed by atoms with E-state index in [1.165, 1.54) is 6.42 Å². The highest BCUT2D eigenvalue weighted by Crippen LogP contribution is 2.00. The summed E-state index contributed by atoms with van der Waals surface area (Å²) >= 11 is 0. The van der Waals surface area contributed by atoms with Crippen LogP contribution in [0.4, 0.5) is 0 Å². The quantitative estimate of drug-likeness (QED) is 0.552. The summed E-state index contributed by atoms with van der Waals surface area (Å²) in [6.07, 6.45) is 4.24. The molecule has 0 bridgehead atoms. The molecule has 1 nitrogen and oxygen atoms in total. The summed E-state index contributed by atoms with van der Waals surface area (Å²) in [6.45, 7) is 4.11. The van der Waals surface area contributed by atoms with Crippen LogP contribution in [0.1, 0.15) is 26.7 Å². The Kier molecular flexibility index (Phi) is 5.18. The van der Waals surface area contributed by atoms with Crippen LogP contribution in [0, 0.1) is 0 Å². The van der Waals surface area contributed by atoms with E-state index >= 15 is 0 Å². The van der Waals surface area contributed by atoms with Crippen molar-refractivity contribution >= 4 is 6.92 Å². The van der Waals surface area contributed by atoms with Crippen molar-refractivity contribution in [3.05, 3.63) is 0 Å². The fourth-order valence-corrected chi connectivity index (χ4v) is 0.644. The third-order valence-electron chi connectivity index (χ3n) is 1.36. The van der Waals surface area contributed by atoms with Gasteiger partial charge in [0.15, 0.2) is 0 Å². The highest BCUT2D eigenvalue weighted by Gasteiger charge is 2.03. The minimum atomic E-state index is -0.0463. The first-order valence-electron chi connectivity index (χ1n) is 3.49. The molecule has 0 aliphatic carbocycles. The van der Waals surface area contributed by atoms with E-state index in [0.29, 0.717) is 0 Å². The summed E-state index contributed by atoms with van der Waals surface area (Å²) < 4.78 is 0. The molecular formula is C6H15BO. The molecule has 2 heteroatoms. The van der Waals surface area contributed by atoms with Gasteiger partial charge in [-0.3, -0.25) is 0 Å². The zero-order valence-corrected chi connectivity index (χ0v) is 5.85. The Labute approximate surface area is 52.2 Å². The second kappa shape index (κ2) is 5.17. The van der Waals surface area contributed by atoms with Crippen LogP contribution in [0.3, 0.4) is 0 Å². The lowest BCUT2D eigenvalue weighted by atomic mass is 9.62. The van der Waals surface area contributed by atoms with Gasteiger partial charge < -0.3 is 5.02 Å². The lowest BCUT2D eigenvalue weighted by molar-refractivity contribution is 0.562. The van der Waals surface area contributed by atoms with Crippen molar-refractivity contribution in [1.29, 1.82) is 0 Å². The third-order valence-corrected chi connectivity index (χ3v) is 1.36. The predicted molar refractivity (Wildman–Crippen MR) is 38.2 cm³/mol. The Morgan fingerprint density at radius 2 is 2.00 bits per heavy atom. The van der Waals surface area contributed by atoms with E-state index in [-0.39, 0.29) is 6.92 Å². The standard InChI is InChI=1S/C6H15BO/c1-3-5-6-7(8)4-2/h8H,3-6H2,1-2H3. The van der Waals surface area contributed by atoms with E-state index in [1.807, 2.05) is 6.92 Å². The maximum absolute atomic E-state index is 8.99. The Morgan fingerprint density at radius 1 is 1.38 bits per heavy atom. The lowest BCUT2D eigenvalue weighted by Gasteiger charge is -1.98. The average Bonchev–Trinajstić information content (AvgIpc) is 1.83. The van der Waals surface area contributed by atoms with Crippen LogP contribution in [-0.4, -0.2) is 11.9 Å². The van der Waals surface area contributed by atoms with Crippen LogP contribution in [0.5, 0.6) is 0 Å². The smallest absolute Gasteiger partial charge is 0.288 e. The number of hydrogen-bond donors (Lipinski definition) is 1. The Hall–Kier alpha value is 0.0249. The van der Waals surface area contributed by atoms with Crippen molar-refractivity contribution in [2.24, 2.45) is 0 Å². The average molecular weight is 114 g/mol. The third kappa shape index (κ3) is 4.19. The van der Waals surface area contributed by atoms with Crippen molar-refractivity contribution < 1.29 is 5.02 Å². The van der Waals surface area contributed by atoms with Gasteiger partial charge in [-0.1, -0.05) is 33.0 Å². The van der Waals surface area contributed by atoms with Gasteiger partial charge in [0.25, 0.3) is 6.92 Å². The predicted octanol–water partition coefficient (Wildman–Crippen LogP) is 1.79. The normalized spacial score (nSPS) is 9.38. The lowest BCUT2D eigenvalue weighted by Crippen LogP contribution is -2.08. The van der Waals surface area contributed by atoms with E-state index in [2.05, 4.69) is 6.92 Å². The molecule has 0 rings (SSSR count). The van der Waals surface area contributed by atoms with Crippen molar-refractivity contribution in [1.82, 2.24) is 0 Å². The second-order valence-corrected chi connectivity index (χ2v) is 2.20. The first kappa shape index (κ1) is 8.02. The van der Waals surface area contributed by atoms with Crippen LogP contribution < -0.4 is 0 Å². The van der Waals surface area contributed by atoms with Gasteiger partial charge in [0, 0.05) is 0 Å². The highest BCUT2D eigenvalue weighted by atomic mass is 16.2. The summed E-state index contributed by atoms with van der Waals surface area (Å²) in [4.78, 5) is 0. The number of unbranched alkanes of at least 4 members (excludes halogenated alkanes) is 1. The zero-order valence-electron chi connectivity index (χ0n) is 5.85. The zero-order chi connectivity index (χ0) is 6.41. The summed E-state index contributed by atoms with van der Waals surface area (Å²) in [5.74, 6) is 0. The summed E-state index contributed by atoms with van der Waals surface area (Å²) in [5.41, 5.74) is 0. The van der Waals surface area contributed by atoms with Gasteiger partial charge in [-0.15, -0.1) is 0 Å². The van der Waals surface area contributed by atoms with E-state index < -0.39 is 0 Å². The molecule has 0 aromatic heterocycles. The molecule has 0 aliphatic rings. The fraction of sp³-hybridized carbons (Fsp3) is 1.00. The second-order valence-electron chi connectivity index (χ2n) is 2.20. The van der Waals surface area contributed by atoms with Gasteiger partial charge in [0.2, 0.25) is 0 Å². The molecule has 0 saturated heterocycles. The van der Waals surface area contributed by atoms with Crippen molar-refractivity contribution in [2.75, 3.05) is 0 Å². The molecule has 0 amide bonds. The van der Waals surface area contributed by atoms with Crippen LogP contribution in [0.15, 0.2) is 0 Å². The van der Waals surface area contributed by atoms with Crippen LogP contribution in [0.25, 0.3) is 0 Å². The van der Waals surface area contributed by atoms with Gasteiger partial charge in [-0.05, 0) is 6.32 Å². The van der Waals surface area contributed by atoms with Crippen LogP contribution in [0.2, 0.25) is 12.6 Å². The maximum Gasteiger partial charge on any atom is 0.288 e. The molecule has 0 radical (unpaired) electrons. The molecule has 1 N–H and O–H groups in total. The Morgan fingerprint density at radius 3 is 2.38 bits per heavy atom. The molecule has 0 aromatic rings. The van der Waals surface area contributed by atoms with Crippen LogP contribution >= 0.6 is 0 Å². The summed E-state index contributed by atoms with van der Waals surface area (Å²) in [5, 5.41) is 8.99. The molecule has 0 aliphatic heterocycles. The summed E-state index contributed by atoms with van der Waals surface area (Å²) in [6, 6.07) is 0. The molecule has 0 aromatic carbocycles. The van der Waals surface area contributed by atoms with E-state index in [9.17, 15) is 0 Å². The first-order valence-corrected chi connectivity index (χ1v) is 3.49. The number of rotatable bonds is 4. The van der Waals surface area contributed by atoms with Crippen molar-refractivity contribution in [3.63, 3.8) is 0 Å². The van der Waals surface area contributed by atoms with Crippen LogP contribution in [-0.2, 0) is 0 Å². The van der Waals surface area contributed by atoms with Crippen molar-refractivity contribution in [2.45, 2.75) is 39.3 Å². The molecule has 0 unspecified atom stereocenters. The van der Waals surface area contributed by atoms with E-state index in [1.54, 1.807) is 0 Å². The maximum atomic E-state index is 8.99. The molecule has 0 saturated carbocycles.